The van der Waals surface area contributed by atoms with E-state index in [0.717, 1.165) is 33.0 Å². The molecule has 0 spiro atoms. The highest BCUT2D eigenvalue weighted by Gasteiger charge is 2.33. The fourth-order valence-corrected chi connectivity index (χ4v) is 7.41. The van der Waals surface area contributed by atoms with Crippen molar-refractivity contribution in [2.45, 2.75) is 33.4 Å². The van der Waals surface area contributed by atoms with Gasteiger partial charge in [-0.05, 0) is 82.4 Å². The molecule has 0 saturated carbocycles. The van der Waals surface area contributed by atoms with Crippen molar-refractivity contribution in [1.29, 1.82) is 0 Å². The van der Waals surface area contributed by atoms with Crippen LogP contribution in [0.2, 0.25) is 5.02 Å². The standard InChI is InChI=1S/C35H28BrClN2O4S/c1-4-42-34(41)30-21(3)38-35-39(31(30)24-14-12-20(2)13-15-24)33(40)29(44-35)18-22-16-27(36)32(28(37)17-22)43-19-25-10-7-9-23-8-5-6-11-26(23)25/h5-18,31H,4,19H2,1-3H3/b29-18+/t31-/m1/s1. The van der Waals surface area contributed by atoms with Crippen molar-refractivity contribution >= 4 is 61.7 Å². The summed E-state index contributed by atoms with van der Waals surface area (Å²) in [6.45, 7) is 6.09. The first-order valence-corrected chi connectivity index (χ1v) is 16.1. The number of allylic oxidation sites excluding steroid dienone is 1. The number of ether oxygens (including phenoxy) is 2. The molecule has 1 aliphatic rings. The number of esters is 1. The Morgan fingerprint density at radius 1 is 1.07 bits per heavy atom. The van der Waals surface area contributed by atoms with Crippen molar-refractivity contribution in [3.63, 3.8) is 0 Å². The second kappa shape index (κ2) is 12.6. The van der Waals surface area contributed by atoms with Crippen molar-refractivity contribution in [2.24, 2.45) is 4.99 Å². The van der Waals surface area contributed by atoms with Crippen LogP contribution in [0.3, 0.4) is 0 Å². The normalized spacial score (nSPS) is 14.8. The van der Waals surface area contributed by atoms with Gasteiger partial charge in [-0.15, -0.1) is 0 Å². The predicted octanol–water partition coefficient (Wildman–Crippen LogP) is 7.25. The lowest BCUT2D eigenvalue weighted by Crippen LogP contribution is -2.39. The third-order valence-corrected chi connectivity index (χ3v) is 9.33. The highest BCUT2D eigenvalue weighted by Crippen LogP contribution is 2.36. The maximum absolute atomic E-state index is 13.9. The number of halogens is 2. The summed E-state index contributed by atoms with van der Waals surface area (Å²) in [5.74, 6) is 0.0377. The van der Waals surface area contributed by atoms with Gasteiger partial charge in [0.05, 0.1) is 37.9 Å². The van der Waals surface area contributed by atoms with Crippen LogP contribution in [0.15, 0.2) is 104 Å². The molecule has 6 nitrogen and oxygen atoms in total. The molecule has 0 saturated heterocycles. The lowest BCUT2D eigenvalue weighted by Gasteiger charge is -2.24. The average molecular weight is 688 g/mol. The second-order valence-corrected chi connectivity index (χ2v) is 12.7. The number of hydrogen-bond acceptors (Lipinski definition) is 6. The molecule has 1 atom stereocenters. The molecule has 0 bridgehead atoms. The first-order valence-electron chi connectivity index (χ1n) is 14.1. The van der Waals surface area contributed by atoms with Gasteiger partial charge < -0.3 is 9.47 Å². The molecule has 2 heterocycles. The van der Waals surface area contributed by atoms with Crippen LogP contribution in [0.5, 0.6) is 5.75 Å². The summed E-state index contributed by atoms with van der Waals surface area (Å²) in [6, 6.07) is 25.1. The minimum atomic E-state index is -0.659. The molecule has 4 aromatic carbocycles. The van der Waals surface area contributed by atoms with Gasteiger partial charge in [0.25, 0.3) is 5.56 Å². The fraction of sp³-hybridized carbons (Fsp3) is 0.171. The summed E-state index contributed by atoms with van der Waals surface area (Å²) in [5.41, 5.74) is 4.28. The Hall–Kier alpha value is -3.98. The van der Waals surface area contributed by atoms with Crippen LogP contribution in [-0.4, -0.2) is 17.1 Å². The zero-order chi connectivity index (χ0) is 31.0. The van der Waals surface area contributed by atoms with E-state index in [4.69, 9.17) is 21.1 Å². The summed E-state index contributed by atoms with van der Waals surface area (Å²) >= 11 is 11.6. The number of benzene rings is 4. The van der Waals surface area contributed by atoms with Crippen LogP contribution >= 0.6 is 38.9 Å². The van der Waals surface area contributed by atoms with Crippen molar-refractivity contribution in [3.8, 4) is 5.75 Å². The molecule has 1 aromatic heterocycles. The summed E-state index contributed by atoms with van der Waals surface area (Å²) in [5, 5.41) is 2.68. The highest BCUT2D eigenvalue weighted by molar-refractivity contribution is 9.10. The summed E-state index contributed by atoms with van der Waals surface area (Å²) < 4.78 is 14.3. The molecule has 5 aromatic rings. The highest BCUT2D eigenvalue weighted by atomic mass is 79.9. The Kier molecular flexibility index (Phi) is 8.58. The summed E-state index contributed by atoms with van der Waals surface area (Å²) in [7, 11) is 0. The first-order chi connectivity index (χ1) is 21.2. The molecule has 0 aliphatic carbocycles. The smallest absolute Gasteiger partial charge is 0.338 e. The van der Waals surface area contributed by atoms with Gasteiger partial charge >= 0.3 is 5.97 Å². The van der Waals surface area contributed by atoms with Crippen molar-refractivity contribution in [2.75, 3.05) is 6.61 Å². The van der Waals surface area contributed by atoms with Crippen LogP contribution in [0.4, 0.5) is 0 Å². The maximum atomic E-state index is 13.9. The Morgan fingerprint density at radius 3 is 2.57 bits per heavy atom. The van der Waals surface area contributed by atoms with Crippen LogP contribution in [0.1, 0.15) is 42.1 Å². The Bertz CT molecular complexity index is 2100. The molecule has 9 heteroatoms. The maximum Gasteiger partial charge on any atom is 0.338 e. The van der Waals surface area contributed by atoms with E-state index in [1.807, 2.05) is 61.5 Å². The van der Waals surface area contributed by atoms with Crippen LogP contribution < -0.4 is 19.6 Å². The molecule has 0 unspecified atom stereocenters. The number of aromatic nitrogens is 1. The van der Waals surface area contributed by atoms with Gasteiger partial charge in [-0.25, -0.2) is 9.79 Å². The van der Waals surface area contributed by atoms with E-state index in [1.54, 1.807) is 30.6 Å². The molecule has 0 radical (unpaired) electrons. The fourth-order valence-electron chi connectivity index (χ4n) is 5.38. The molecular formula is C35H28BrClN2O4S. The lowest BCUT2D eigenvalue weighted by atomic mass is 9.95. The van der Waals surface area contributed by atoms with Gasteiger partial charge in [-0.2, -0.15) is 0 Å². The first kappa shape index (κ1) is 30.1. The summed E-state index contributed by atoms with van der Waals surface area (Å²) in [4.78, 5) is 32.2. The molecule has 222 valence electrons. The van der Waals surface area contributed by atoms with E-state index in [0.29, 0.717) is 42.5 Å². The number of aryl methyl sites for hydroxylation is 1. The predicted molar refractivity (Wildman–Crippen MR) is 179 cm³/mol. The minimum absolute atomic E-state index is 0.220. The topological polar surface area (TPSA) is 69.9 Å². The number of carbonyl (C=O) groups is 1. The SMILES string of the molecule is CCOC(=O)C1=C(C)N=c2s/c(=C/c3cc(Cl)c(OCc4cccc5ccccc45)c(Br)c3)c(=O)n2[C@@H]1c1ccc(C)cc1. The zero-order valence-corrected chi connectivity index (χ0v) is 27.4. The molecule has 0 N–H and O–H groups in total. The molecule has 6 rings (SSSR count). The van der Waals surface area contributed by atoms with E-state index < -0.39 is 12.0 Å². The number of fused-ring (bicyclic) bond motifs is 2. The Balaban J connectivity index is 1.37. The molecular weight excluding hydrogens is 660 g/mol. The Morgan fingerprint density at radius 2 is 1.82 bits per heavy atom. The van der Waals surface area contributed by atoms with E-state index in [1.165, 1.54) is 11.3 Å². The molecule has 0 amide bonds. The third-order valence-electron chi connectivity index (χ3n) is 7.48. The number of carbonyl (C=O) groups excluding carboxylic acids is 1. The lowest BCUT2D eigenvalue weighted by molar-refractivity contribution is -0.139. The van der Waals surface area contributed by atoms with Gasteiger partial charge in [-0.1, -0.05) is 95.2 Å². The quantitative estimate of drug-likeness (QED) is 0.169. The minimum Gasteiger partial charge on any atom is -0.486 e. The average Bonchev–Trinajstić information content (AvgIpc) is 3.30. The van der Waals surface area contributed by atoms with E-state index in [9.17, 15) is 9.59 Å². The Labute approximate surface area is 271 Å². The zero-order valence-electron chi connectivity index (χ0n) is 24.3. The van der Waals surface area contributed by atoms with Crippen molar-refractivity contribution < 1.29 is 14.3 Å². The molecule has 0 fully saturated rings. The molecule has 44 heavy (non-hydrogen) atoms. The van der Waals surface area contributed by atoms with E-state index >= 15 is 0 Å². The molecule has 1 aliphatic heterocycles. The summed E-state index contributed by atoms with van der Waals surface area (Å²) in [6.07, 6.45) is 1.78. The largest absolute Gasteiger partial charge is 0.486 e. The third kappa shape index (κ3) is 5.77. The van der Waals surface area contributed by atoms with E-state index in [-0.39, 0.29) is 12.2 Å². The van der Waals surface area contributed by atoms with Gasteiger partial charge in [0, 0.05) is 0 Å². The second-order valence-electron chi connectivity index (χ2n) is 10.5. The van der Waals surface area contributed by atoms with E-state index in [2.05, 4.69) is 39.1 Å². The number of rotatable bonds is 7. The van der Waals surface area contributed by atoms with Crippen LogP contribution in [-0.2, 0) is 16.1 Å². The number of nitrogens with zero attached hydrogens (tertiary/aromatic N) is 2. The van der Waals surface area contributed by atoms with Gasteiger partial charge in [-0.3, -0.25) is 9.36 Å². The van der Waals surface area contributed by atoms with Crippen molar-refractivity contribution in [3.05, 3.63) is 142 Å². The van der Waals surface area contributed by atoms with Crippen molar-refractivity contribution in [1.82, 2.24) is 4.57 Å². The van der Waals surface area contributed by atoms with Crippen LogP contribution in [0, 0.1) is 6.92 Å². The van der Waals surface area contributed by atoms with Crippen LogP contribution in [0.25, 0.3) is 16.8 Å². The number of thiazole rings is 1. The van der Waals surface area contributed by atoms with Gasteiger partial charge in [0.2, 0.25) is 0 Å². The number of hydrogen-bond donors (Lipinski definition) is 0. The van der Waals surface area contributed by atoms with Gasteiger partial charge in [0.1, 0.15) is 6.61 Å². The van der Waals surface area contributed by atoms with Gasteiger partial charge in [0.15, 0.2) is 10.6 Å². The monoisotopic (exact) mass is 686 g/mol.